The number of carbonyl (C=O) groups is 2. The molecule has 0 saturated carbocycles. The lowest BCUT2D eigenvalue weighted by atomic mass is 10.0. The van der Waals surface area contributed by atoms with Crippen molar-refractivity contribution in [1.29, 1.82) is 0 Å². The molecule has 3 aromatic rings. The summed E-state index contributed by atoms with van der Waals surface area (Å²) in [6.45, 7) is 1.18. The Labute approximate surface area is 253 Å². The fourth-order valence-corrected chi connectivity index (χ4v) is 5.37. The number of sulfonamides is 1. The summed E-state index contributed by atoms with van der Waals surface area (Å²) in [5, 5.41) is 3.27. The van der Waals surface area contributed by atoms with Gasteiger partial charge in [0.05, 0.1) is 27.6 Å². The van der Waals surface area contributed by atoms with Gasteiger partial charge in [0, 0.05) is 19.5 Å². The van der Waals surface area contributed by atoms with E-state index in [2.05, 4.69) is 5.32 Å². The number of rotatable bonds is 12. The highest BCUT2D eigenvalue weighted by molar-refractivity contribution is 7.92. The number of benzene rings is 3. The van der Waals surface area contributed by atoms with Crippen molar-refractivity contribution >= 4 is 50.7 Å². The second kappa shape index (κ2) is 14.3. The van der Waals surface area contributed by atoms with Gasteiger partial charge in [-0.2, -0.15) is 13.2 Å². The number of amides is 2. The van der Waals surface area contributed by atoms with Crippen molar-refractivity contribution in [3.05, 3.63) is 99.5 Å². The van der Waals surface area contributed by atoms with E-state index in [9.17, 15) is 31.2 Å². The molecule has 7 nitrogen and oxygen atoms in total. The third-order valence-electron chi connectivity index (χ3n) is 6.30. The highest BCUT2D eigenvalue weighted by Crippen LogP contribution is 2.32. The van der Waals surface area contributed by atoms with Gasteiger partial charge >= 0.3 is 6.18 Å². The van der Waals surface area contributed by atoms with Gasteiger partial charge in [-0.3, -0.25) is 13.9 Å². The zero-order chi connectivity index (χ0) is 31.1. The van der Waals surface area contributed by atoms with Crippen LogP contribution < -0.4 is 9.62 Å². The monoisotopic (exact) mass is 643 g/mol. The normalized spacial score (nSPS) is 12.5. The van der Waals surface area contributed by atoms with Crippen LogP contribution in [0.1, 0.15) is 30.0 Å². The summed E-state index contributed by atoms with van der Waals surface area (Å²) in [5.74, 6) is -1.28. The first kappa shape index (κ1) is 33.2. The minimum atomic E-state index is -4.73. The molecule has 3 rings (SSSR count). The minimum Gasteiger partial charge on any atom is -0.354 e. The molecule has 2 amide bonds. The van der Waals surface area contributed by atoms with Gasteiger partial charge in [0.2, 0.25) is 21.8 Å². The standard InChI is InChI=1S/C29H30Cl2F3N3O4S/c1-3-14-35-28(39)26(16-20-8-5-4-6-9-20)36(18-21-12-13-24(30)25(31)15-21)27(38)19-37(42(2,40)41)23-11-7-10-22(17-23)29(32,33)34/h4-13,15,17,26H,3,14,16,18-19H2,1-2H3,(H,35,39)/t26-/m0/s1. The molecule has 226 valence electrons. The molecule has 0 bridgehead atoms. The lowest BCUT2D eigenvalue weighted by molar-refractivity contribution is -0.140. The Hall–Kier alpha value is -3.28. The maximum Gasteiger partial charge on any atom is 0.416 e. The summed E-state index contributed by atoms with van der Waals surface area (Å²) in [7, 11) is -4.23. The predicted octanol–water partition coefficient (Wildman–Crippen LogP) is 5.94. The predicted molar refractivity (Wildman–Crippen MR) is 158 cm³/mol. The van der Waals surface area contributed by atoms with Gasteiger partial charge in [-0.1, -0.05) is 72.6 Å². The first-order valence-electron chi connectivity index (χ1n) is 12.9. The van der Waals surface area contributed by atoms with Crippen molar-refractivity contribution in [1.82, 2.24) is 10.2 Å². The van der Waals surface area contributed by atoms with Crippen molar-refractivity contribution < 1.29 is 31.2 Å². The average molecular weight is 645 g/mol. The third-order valence-corrected chi connectivity index (χ3v) is 8.18. The Morgan fingerprint density at radius 3 is 2.21 bits per heavy atom. The first-order valence-corrected chi connectivity index (χ1v) is 15.5. The molecule has 0 fully saturated rings. The minimum absolute atomic E-state index is 0.0892. The summed E-state index contributed by atoms with van der Waals surface area (Å²) in [5.41, 5.74) is -0.178. The summed E-state index contributed by atoms with van der Waals surface area (Å²) in [4.78, 5) is 28.7. The molecule has 0 heterocycles. The highest BCUT2D eigenvalue weighted by atomic mass is 35.5. The van der Waals surface area contributed by atoms with Gasteiger partial charge in [0.1, 0.15) is 12.6 Å². The third kappa shape index (κ3) is 9.11. The van der Waals surface area contributed by atoms with Crippen LogP contribution in [0.25, 0.3) is 0 Å². The summed E-state index contributed by atoms with van der Waals surface area (Å²) >= 11 is 12.3. The van der Waals surface area contributed by atoms with Crippen molar-refractivity contribution in [2.75, 3.05) is 23.7 Å². The van der Waals surface area contributed by atoms with Crippen molar-refractivity contribution in [3.8, 4) is 0 Å². The number of carbonyl (C=O) groups excluding carboxylic acids is 2. The van der Waals surface area contributed by atoms with E-state index in [0.29, 0.717) is 28.9 Å². The number of anilines is 1. The second-order valence-corrected chi connectivity index (χ2v) is 12.3. The number of hydrogen-bond donors (Lipinski definition) is 1. The average Bonchev–Trinajstić information content (AvgIpc) is 2.93. The van der Waals surface area contributed by atoms with E-state index < -0.39 is 46.2 Å². The largest absolute Gasteiger partial charge is 0.416 e. The maximum absolute atomic E-state index is 14.0. The molecule has 0 saturated heterocycles. The quantitative estimate of drug-likeness (QED) is 0.264. The zero-order valence-corrected chi connectivity index (χ0v) is 25.2. The Kier molecular flexibility index (Phi) is 11.3. The van der Waals surface area contributed by atoms with Crippen molar-refractivity contribution in [2.24, 2.45) is 0 Å². The highest BCUT2D eigenvalue weighted by Gasteiger charge is 2.35. The van der Waals surface area contributed by atoms with Crippen LogP contribution in [0.5, 0.6) is 0 Å². The van der Waals surface area contributed by atoms with E-state index >= 15 is 0 Å². The van der Waals surface area contributed by atoms with E-state index in [0.717, 1.165) is 24.0 Å². The van der Waals surface area contributed by atoms with Crippen LogP contribution in [0.3, 0.4) is 0 Å². The fraction of sp³-hybridized carbons (Fsp3) is 0.310. The molecule has 1 atom stereocenters. The Bertz CT molecular complexity index is 1510. The van der Waals surface area contributed by atoms with Crippen LogP contribution in [0.4, 0.5) is 18.9 Å². The van der Waals surface area contributed by atoms with Crippen LogP contribution in [0, 0.1) is 0 Å². The topological polar surface area (TPSA) is 86.8 Å². The van der Waals surface area contributed by atoms with Gasteiger partial charge in [0.25, 0.3) is 0 Å². The molecule has 0 radical (unpaired) electrons. The lowest BCUT2D eigenvalue weighted by Gasteiger charge is -2.33. The Morgan fingerprint density at radius 1 is 0.929 bits per heavy atom. The van der Waals surface area contributed by atoms with E-state index in [1.165, 1.54) is 23.1 Å². The van der Waals surface area contributed by atoms with Crippen LogP contribution >= 0.6 is 23.2 Å². The SMILES string of the molecule is CCCNC(=O)[C@H](Cc1ccccc1)N(Cc1ccc(Cl)c(Cl)c1)C(=O)CN(c1cccc(C(F)(F)F)c1)S(C)(=O)=O. The number of alkyl halides is 3. The number of nitrogens with zero attached hydrogens (tertiary/aromatic N) is 2. The summed E-state index contributed by atoms with van der Waals surface area (Å²) in [6.07, 6.45) is -3.23. The lowest BCUT2D eigenvalue weighted by Crippen LogP contribution is -2.53. The van der Waals surface area contributed by atoms with Crippen molar-refractivity contribution in [3.63, 3.8) is 0 Å². The molecule has 0 unspecified atom stereocenters. The maximum atomic E-state index is 14.0. The van der Waals surface area contributed by atoms with Crippen LogP contribution in [-0.4, -0.2) is 50.5 Å². The summed E-state index contributed by atoms with van der Waals surface area (Å²) < 4.78 is 66.4. The first-order chi connectivity index (χ1) is 19.7. The van der Waals surface area contributed by atoms with Gasteiger partial charge in [0.15, 0.2) is 0 Å². The zero-order valence-electron chi connectivity index (χ0n) is 22.9. The molecular weight excluding hydrogens is 614 g/mol. The molecule has 3 aromatic carbocycles. The van der Waals surface area contributed by atoms with E-state index in [1.807, 2.05) is 6.92 Å². The van der Waals surface area contributed by atoms with Gasteiger partial charge < -0.3 is 10.2 Å². The molecule has 1 N–H and O–H groups in total. The van der Waals surface area contributed by atoms with Gasteiger partial charge in [-0.25, -0.2) is 8.42 Å². The molecule has 0 aromatic heterocycles. The fourth-order valence-electron chi connectivity index (χ4n) is 4.21. The van der Waals surface area contributed by atoms with Crippen molar-refractivity contribution in [2.45, 2.75) is 38.5 Å². The van der Waals surface area contributed by atoms with Gasteiger partial charge in [-0.05, 0) is 47.9 Å². The molecule has 0 aliphatic carbocycles. The smallest absolute Gasteiger partial charge is 0.354 e. The molecule has 13 heteroatoms. The molecule has 0 aliphatic heterocycles. The molecular formula is C29H30Cl2F3N3O4S. The van der Waals surface area contributed by atoms with Crippen LogP contribution in [0.2, 0.25) is 10.0 Å². The Balaban J connectivity index is 2.08. The number of halogens is 5. The molecule has 0 aliphatic rings. The van der Waals surface area contributed by atoms with Crippen LogP contribution in [0.15, 0.2) is 72.8 Å². The van der Waals surface area contributed by atoms with Crippen LogP contribution in [-0.2, 0) is 38.8 Å². The summed E-state index contributed by atoms with van der Waals surface area (Å²) in [6, 6.07) is 16.2. The van der Waals surface area contributed by atoms with E-state index in [-0.39, 0.29) is 28.7 Å². The second-order valence-electron chi connectivity index (χ2n) is 9.58. The molecule has 0 spiro atoms. The molecule has 42 heavy (non-hydrogen) atoms. The van der Waals surface area contributed by atoms with Gasteiger partial charge in [-0.15, -0.1) is 0 Å². The van der Waals surface area contributed by atoms with E-state index in [1.54, 1.807) is 36.4 Å². The number of nitrogens with one attached hydrogen (secondary N) is 1. The number of hydrogen-bond acceptors (Lipinski definition) is 4. The van der Waals surface area contributed by atoms with E-state index in [4.69, 9.17) is 23.2 Å². The Morgan fingerprint density at radius 2 is 1.62 bits per heavy atom.